The normalized spacial score (nSPS) is 10.6. The monoisotopic (exact) mass is 241 g/mol. The maximum atomic E-state index is 5.90. The van der Waals surface area contributed by atoms with Gasteiger partial charge in [0.1, 0.15) is 0 Å². The first kappa shape index (κ1) is 10.5. The van der Waals surface area contributed by atoms with Crippen molar-refractivity contribution < 1.29 is 0 Å². The molecule has 0 N–H and O–H groups in total. The highest BCUT2D eigenvalue weighted by atomic mass is 35.5. The van der Waals surface area contributed by atoms with Crippen LogP contribution in [0, 0.1) is 6.92 Å². The highest BCUT2D eigenvalue weighted by Gasteiger charge is 2.05. The molecule has 0 aliphatic heterocycles. The van der Waals surface area contributed by atoms with Crippen LogP contribution >= 0.6 is 23.2 Å². The highest BCUT2D eigenvalue weighted by Crippen LogP contribution is 2.15. The number of halogens is 2. The summed E-state index contributed by atoms with van der Waals surface area (Å²) in [6.07, 6.45) is 3.31. The summed E-state index contributed by atoms with van der Waals surface area (Å²) in [5.41, 5.74) is 1.80. The fraction of sp³-hybridized carbons (Fsp3) is 0.200. The van der Waals surface area contributed by atoms with Crippen LogP contribution in [0.4, 0.5) is 0 Å². The predicted molar refractivity (Wildman–Crippen MR) is 60.3 cm³/mol. The molecule has 2 aromatic rings. The second kappa shape index (κ2) is 4.21. The summed E-state index contributed by atoms with van der Waals surface area (Å²) in [6, 6.07) is 3.56. The zero-order valence-electron chi connectivity index (χ0n) is 8.11. The molecule has 2 heterocycles. The van der Waals surface area contributed by atoms with Gasteiger partial charge in [0.2, 0.25) is 0 Å². The SMILES string of the molecule is Cc1c(Cl)cnn1Cc1cc(Cl)ccn1. The van der Waals surface area contributed by atoms with Gasteiger partial charge in [-0.3, -0.25) is 9.67 Å². The molecular formula is C10H9Cl2N3. The maximum Gasteiger partial charge on any atom is 0.0835 e. The Kier molecular flexibility index (Phi) is 2.93. The average Bonchev–Trinajstić information content (AvgIpc) is 2.50. The summed E-state index contributed by atoms with van der Waals surface area (Å²) in [4.78, 5) is 4.20. The van der Waals surface area contributed by atoms with Crippen molar-refractivity contribution in [3.05, 3.63) is 46.0 Å². The quantitative estimate of drug-likeness (QED) is 0.810. The molecule has 0 saturated carbocycles. The van der Waals surface area contributed by atoms with Gasteiger partial charge in [-0.2, -0.15) is 5.10 Å². The molecule has 0 fully saturated rings. The predicted octanol–water partition coefficient (Wildman–Crippen LogP) is 2.94. The van der Waals surface area contributed by atoms with Crippen LogP contribution in [-0.2, 0) is 6.54 Å². The van der Waals surface area contributed by atoms with Crippen LogP contribution in [0.2, 0.25) is 10.0 Å². The number of hydrogen-bond donors (Lipinski definition) is 0. The van der Waals surface area contributed by atoms with Crippen LogP contribution in [-0.4, -0.2) is 14.8 Å². The maximum absolute atomic E-state index is 5.90. The molecule has 0 saturated heterocycles. The Morgan fingerprint density at radius 3 is 2.80 bits per heavy atom. The van der Waals surface area contributed by atoms with Crippen molar-refractivity contribution in [1.29, 1.82) is 0 Å². The molecule has 2 aromatic heterocycles. The summed E-state index contributed by atoms with van der Waals surface area (Å²) < 4.78 is 1.79. The molecule has 0 radical (unpaired) electrons. The van der Waals surface area contributed by atoms with E-state index in [1.807, 2.05) is 13.0 Å². The van der Waals surface area contributed by atoms with E-state index in [0.29, 0.717) is 16.6 Å². The molecule has 0 bridgehead atoms. The van der Waals surface area contributed by atoms with Crippen LogP contribution < -0.4 is 0 Å². The van der Waals surface area contributed by atoms with Crippen molar-refractivity contribution in [1.82, 2.24) is 14.8 Å². The molecule has 0 atom stereocenters. The smallest absolute Gasteiger partial charge is 0.0835 e. The summed E-state index contributed by atoms with van der Waals surface area (Å²) >= 11 is 11.8. The lowest BCUT2D eigenvalue weighted by atomic mass is 10.3. The molecular weight excluding hydrogens is 233 g/mol. The number of nitrogens with zero attached hydrogens (tertiary/aromatic N) is 3. The number of rotatable bonds is 2. The fourth-order valence-corrected chi connectivity index (χ4v) is 1.60. The standard InChI is InChI=1S/C10H9Cl2N3/c1-7-10(12)5-14-15(7)6-9-4-8(11)2-3-13-9/h2-5H,6H2,1H3. The van der Waals surface area contributed by atoms with E-state index in [9.17, 15) is 0 Å². The summed E-state index contributed by atoms with van der Waals surface area (Å²) in [7, 11) is 0. The van der Waals surface area contributed by atoms with Crippen LogP contribution in [0.5, 0.6) is 0 Å². The Balaban J connectivity index is 2.26. The fourth-order valence-electron chi connectivity index (χ4n) is 1.27. The van der Waals surface area contributed by atoms with E-state index in [4.69, 9.17) is 23.2 Å². The first-order valence-electron chi connectivity index (χ1n) is 4.45. The topological polar surface area (TPSA) is 30.7 Å². The Labute approximate surface area is 97.7 Å². The van der Waals surface area contributed by atoms with Crippen molar-refractivity contribution in [2.45, 2.75) is 13.5 Å². The van der Waals surface area contributed by atoms with Crippen LogP contribution in [0.25, 0.3) is 0 Å². The Morgan fingerprint density at radius 2 is 2.20 bits per heavy atom. The second-order valence-corrected chi connectivity index (χ2v) is 4.04. The molecule has 5 heteroatoms. The molecule has 0 aromatic carbocycles. The average molecular weight is 242 g/mol. The third kappa shape index (κ3) is 2.30. The number of hydrogen-bond acceptors (Lipinski definition) is 2. The molecule has 78 valence electrons. The molecule has 15 heavy (non-hydrogen) atoms. The van der Waals surface area contributed by atoms with Gasteiger partial charge in [-0.1, -0.05) is 23.2 Å². The van der Waals surface area contributed by atoms with Gasteiger partial charge in [0.15, 0.2) is 0 Å². The zero-order valence-corrected chi connectivity index (χ0v) is 9.63. The molecule has 0 spiro atoms. The van der Waals surface area contributed by atoms with Gasteiger partial charge in [0, 0.05) is 11.2 Å². The minimum atomic E-state index is 0.582. The van der Waals surface area contributed by atoms with Crippen LogP contribution in [0.1, 0.15) is 11.4 Å². The Hall–Kier alpha value is -1.06. The van der Waals surface area contributed by atoms with E-state index in [2.05, 4.69) is 10.1 Å². The zero-order chi connectivity index (χ0) is 10.8. The van der Waals surface area contributed by atoms with Gasteiger partial charge in [-0.05, 0) is 19.1 Å². The van der Waals surface area contributed by atoms with E-state index in [1.165, 1.54) is 0 Å². The van der Waals surface area contributed by atoms with E-state index < -0.39 is 0 Å². The van der Waals surface area contributed by atoms with Gasteiger partial charge in [-0.15, -0.1) is 0 Å². The van der Waals surface area contributed by atoms with Crippen LogP contribution in [0.15, 0.2) is 24.5 Å². The van der Waals surface area contributed by atoms with E-state index in [0.717, 1.165) is 11.4 Å². The minimum absolute atomic E-state index is 0.582. The molecule has 2 rings (SSSR count). The lowest BCUT2D eigenvalue weighted by molar-refractivity contribution is 0.652. The van der Waals surface area contributed by atoms with Crippen molar-refractivity contribution in [3.8, 4) is 0 Å². The Morgan fingerprint density at radius 1 is 1.40 bits per heavy atom. The van der Waals surface area contributed by atoms with Crippen molar-refractivity contribution >= 4 is 23.2 Å². The van der Waals surface area contributed by atoms with Crippen molar-refractivity contribution in [3.63, 3.8) is 0 Å². The van der Waals surface area contributed by atoms with Gasteiger partial charge in [0.05, 0.1) is 29.2 Å². The van der Waals surface area contributed by atoms with Crippen LogP contribution in [0.3, 0.4) is 0 Å². The lowest BCUT2D eigenvalue weighted by Crippen LogP contribution is -2.05. The summed E-state index contributed by atoms with van der Waals surface area (Å²) in [6.45, 7) is 2.50. The van der Waals surface area contributed by atoms with Gasteiger partial charge in [0.25, 0.3) is 0 Å². The summed E-state index contributed by atoms with van der Waals surface area (Å²) in [5.74, 6) is 0. The second-order valence-electron chi connectivity index (χ2n) is 3.20. The molecule has 0 aliphatic carbocycles. The van der Waals surface area contributed by atoms with Crippen molar-refractivity contribution in [2.75, 3.05) is 0 Å². The first-order chi connectivity index (χ1) is 7.16. The number of pyridine rings is 1. The minimum Gasteiger partial charge on any atom is -0.262 e. The van der Waals surface area contributed by atoms with E-state index in [-0.39, 0.29) is 0 Å². The summed E-state index contributed by atoms with van der Waals surface area (Å²) in [5, 5.41) is 5.48. The van der Waals surface area contributed by atoms with Gasteiger partial charge in [-0.25, -0.2) is 0 Å². The molecule has 0 unspecified atom stereocenters. The molecule has 3 nitrogen and oxygen atoms in total. The van der Waals surface area contributed by atoms with E-state index in [1.54, 1.807) is 23.1 Å². The van der Waals surface area contributed by atoms with E-state index >= 15 is 0 Å². The highest BCUT2D eigenvalue weighted by molar-refractivity contribution is 6.31. The third-order valence-electron chi connectivity index (χ3n) is 2.13. The molecule has 0 aliphatic rings. The largest absolute Gasteiger partial charge is 0.262 e. The number of aromatic nitrogens is 3. The Bertz CT molecular complexity index is 479. The van der Waals surface area contributed by atoms with Gasteiger partial charge >= 0.3 is 0 Å². The first-order valence-corrected chi connectivity index (χ1v) is 5.21. The van der Waals surface area contributed by atoms with Crippen molar-refractivity contribution in [2.24, 2.45) is 0 Å². The molecule has 0 amide bonds. The third-order valence-corrected chi connectivity index (χ3v) is 2.74. The van der Waals surface area contributed by atoms with Gasteiger partial charge < -0.3 is 0 Å². The lowest BCUT2D eigenvalue weighted by Gasteiger charge is -2.03.